The molecule has 1 nitrogen and oxygen atoms in total. The highest BCUT2D eigenvalue weighted by molar-refractivity contribution is 5.99. The normalized spacial score (nSPS) is 23.1. The number of fused-ring (bicyclic) bond motifs is 1. The molecule has 0 radical (unpaired) electrons. The Balaban J connectivity index is 2.23. The Morgan fingerprint density at radius 2 is 1.75 bits per heavy atom. The van der Waals surface area contributed by atoms with Gasteiger partial charge >= 0.3 is 0 Å². The van der Waals surface area contributed by atoms with Crippen molar-refractivity contribution in [1.29, 1.82) is 0 Å². The minimum atomic E-state index is 0.165. The van der Waals surface area contributed by atoms with Gasteiger partial charge in [-0.2, -0.15) is 0 Å². The average Bonchev–Trinajstić information content (AvgIpc) is 2.52. The molecular weight excluding hydrogens is 244 g/mol. The monoisotopic (exact) mass is 268 g/mol. The number of allylic oxidation sites excluding steroid dienone is 2. The molecule has 2 aliphatic rings. The summed E-state index contributed by atoms with van der Waals surface area (Å²) < 4.78 is 0. The standard InChI is InChI=1S/C19H24O/c1-19(2,3)18-14-9-5-4-8-13(14)12-17(20)15-10-6-7-11-16(15)18/h4-5,8-9,18H,6-7,10-12H2,1-3H3. The van der Waals surface area contributed by atoms with Crippen molar-refractivity contribution in [2.45, 2.75) is 58.8 Å². The van der Waals surface area contributed by atoms with E-state index in [1.807, 2.05) is 0 Å². The lowest BCUT2D eigenvalue weighted by Gasteiger charge is -2.36. The fourth-order valence-corrected chi connectivity index (χ4v) is 4.00. The molecule has 1 heteroatoms. The number of carbonyl (C=O) groups excluding carboxylic acids is 1. The van der Waals surface area contributed by atoms with Crippen LogP contribution in [-0.2, 0) is 11.2 Å². The Bertz CT molecular complexity index is 572. The van der Waals surface area contributed by atoms with Crippen molar-refractivity contribution >= 4 is 5.78 Å². The van der Waals surface area contributed by atoms with Gasteiger partial charge in [0.25, 0.3) is 0 Å². The second kappa shape index (κ2) is 4.87. The average molecular weight is 268 g/mol. The molecule has 0 amide bonds. The minimum absolute atomic E-state index is 0.165. The van der Waals surface area contributed by atoms with E-state index in [1.165, 1.54) is 29.5 Å². The van der Waals surface area contributed by atoms with Gasteiger partial charge in [-0.1, -0.05) is 50.6 Å². The summed E-state index contributed by atoms with van der Waals surface area (Å²) in [5, 5.41) is 0. The van der Waals surface area contributed by atoms with Crippen LogP contribution in [0.3, 0.4) is 0 Å². The molecule has 0 saturated heterocycles. The lowest BCUT2D eigenvalue weighted by atomic mass is 9.68. The molecule has 0 bridgehead atoms. The maximum absolute atomic E-state index is 12.6. The topological polar surface area (TPSA) is 17.1 Å². The summed E-state index contributed by atoms with van der Waals surface area (Å²) >= 11 is 0. The van der Waals surface area contributed by atoms with E-state index in [2.05, 4.69) is 45.0 Å². The molecule has 0 N–H and O–H groups in total. The predicted molar refractivity (Wildman–Crippen MR) is 82.8 cm³/mol. The van der Waals surface area contributed by atoms with Gasteiger partial charge in [0.1, 0.15) is 0 Å². The molecule has 20 heavy (non-hydrogen) atoms. The molecule has 106 valence electrons. The lowest BCUT2D eigenvalue weighted by Crippen LogP contribution is -2.23. The van der Waals surface area contributed by atoms with Gasteiger partial charge in [0.2, 0.25) is 0 Å². The Kier molecular flexibility index (Phi) is 3.32. The van der Waals surface area contributed by atoms with Crippen molar-refractivity contribution < 1.29 is 4.79 Å². The van der Waals surface area contributed by atoms with Crippen LogP contribution in [0.2, 0.25) is 0 Å². The molecule has 0 heterocycles. The summed E-state index contributed by atoms with van der Waals surface area (Å²) in [6.07, 6.45) is 5.12. The third-order valence-corrected chi connectivity index (χ3v) is 4.78. The maximum atomic E-state index is 12.6. The van der Waals surface area contributed by atoms with Crippen LogP contribution in [-0.4, -0.2) is 5.78 Å². The zero-order valence-corrected chi connectivity index (χ0v) is 12.8. The first-order chi connectivity index (χ1) is 9.48. The molecule has 0 spiro atoms. The molecular formula is C19H24O. The fraction of sp³-hybridized carbons (Fsp3) is 0.526. The molecule has 1 unspecified atom stereocenters. The van der Waals surface area contributed by atoms with Crippen molar-refractivity contribution in [3.8, 4) is 0 Å². The van der Waals surface area contributed by atoms with Crippen molar-refractivity contribution in [1.82, 2.24) is 0 Å². The number of hydrogen-bond donors (Lipinski definition) is 0. The number of benzene rings is 1. The van der Waals surface area contributed by atoms with E-state index < -0.39 is 0 Å². The molecule has 1 aromatic carbocycles. The highest BCUT2D eigenvalue weighted by Gasteiger charge is 2.37. The van der Waals surface area contributed by atoms with Gasteiger partial charge in [-0.05, 0) is 47.8 Å². The van der Waals surface area contributed by atoms with Crippen LogP contribution in [0.1, 0.15) is 63.5 Å². The summed E-state index contributed by atoms with van der Waals surface area (Å²) in [6.45, 7) is 6.93. The quantitative estimate of drug-likeness (QED) is 0.659. The van der Waals surface area contributed by atoms with E-state index in [0.717, 1.165) is 18.4 Å². The van der Waals surface area contributed by atoms with Crippen molar-refractivity contribution in [3.05, 3.63) is 46.5 Å². The largest absolute Gasteiger partial charge is 0.294 e. The predicted octanol–water partition coefficient (Wildman–Crippen LogP) is 4.81. The van der Waals surface area contributed by atoms with Crippen LogP contribution >= 0.6 is 0 Å². The maximum Gasteiger partial charge on any atom is 0.163 e. The summed E-state index contributed by atoms with van der Waals surface area (Å²) in [5.74, 6) is 0.777. The van der Waals surface area contributed by atoms with E-state index in [0.29, 0.717) is 18.1 Å². The Morgan fingerprint density at radius 3 is 2.50 bits per heavy atom. The summed E-state index contributed by atoms with van der Waals surface area (Å²) in [4.78, 5) is 12.6. The first-order valence-electron chi connectivity index (χ1n) is 7.81. The molecule has 0 aromatic heterocycles. The van der Waals surface area contributed by atoms with Crippen LogP contribution in [0.4, 0.5) is 0 Å². The van der Waals surface area contributed by atoms with Crippen LogP contribution in [0.25, 0.3) is 0 Å². The van der Waals surface area contributed by atoms with E-state index in [4.69, 9.17) is 0 Å². The number of rotatable bonds is 0. The van der Waals surface area contributed by atoms with Crippen LogP contribution in [0, 0.1) is 5.41 Å². The fourth-order valence-electron chi connectivity index (χ4n) is 4.00. The van der Waals surface area contributed by atoms with Crippen molar-refractivity contribution in [3.63, 3.8) is 0 Å². The Morgan fingerprint density at radius 1 is 1.05 bits per heavy atom. The van der Waals surface area contributed by atoms with Crippen molar-refractivity contribution in [2.24, 2.45) is 5.41 Å². The molecule has 0 aliphatic heterocycles. The number of ketones is 1. The van der Waals surface area contributed by atoms with Crippen LogP contribution in [0.15, 0.2) is 35.4 Å². The van der Waals surface area contributed by atoms with Gasteiger partial charge < -0.3 is 0 Å². The van der Waals surface area contributed by atoms with Gasteiger partial charge in [0, 0.05) is 12.3 Å². The highest BCUT2D eigenvalue weighted by Crippen LogP contribution is 2.48. The Labute approximate surface area is 122 Å². The lowest BCUT2D eigenvalue weighted by molar-refractivity contribution is -0.115. The Hall–Kier alpha value is -1.37. The number of hydrogen-bond acceptors (Lipinski definition) is 1. The summed E-state index contributed by atoms with van der Waals surface area (Å²) in [5.41, 5.74) is 5.40. The first-order valence-corrected chi connectivity index (χ1v) is 7.81. The summed E-state index contributed by atoms with van der Waals surface area (Å²) in [7, 11) is 0. The minimum Gasteiger partial charge on any atom is -0.294 e. The third-order valence-electron chi connectivity index (χ3n) is 4.78. The zero-order valence-electron chi connectivity index (χ0n) is 12.8. The van der Waals surface area contributed by atoms with Crippen molar-refractivity contribution in [2.75, 3.05) is 0 Å². The van der Waals surface area contributed by atoms with Crippen LogP contribution < -0.4 is 0 Å². The SMILES string of the molecule is CC(C)(C)C1C2=C(CCCC2)C(=O)Cc2ccccc21. The smallest absolute Gasteiger partial charge is 0.163 e. The van der Waals surface area contributed by atoms with E-state index >= 15 is 0 Å². The summed E-state index contributed by atoms with van der Waals surface area (Å²) in [6, 6.07) is 8.57. The first kappa shape index (κ1) is 13.6. The van der Waals surface area contributed by atoms with Gasteiger partial charge in [-0.3, -0.25) is 4.79 Å². The molecule has 2 aliphatic carbocycles. The van der Waals surface area contributed by atoms with E-state index in [-0.39, 0.29) is 5.41 Å². The molecule has 0 fully saturated rings. The van der Waals surface area contributed by atoms with Gasteiger partial charge in [0.05, 0.1) is 0 Å². The van der Waals surface area contributed by atoms with Gasteiger partial charge in [0.15, 0.2) is 5.78 Å². The molecule has 1 aromatic rings. The zero-order chi connectivity index (χ0) is 14.3. The van der Waals surface area contributed by atoms with E-state index in [1.54, 1.807) is 0 Å². The second-order valence-electron chi connectivity index (χ2n) is 7.31. The number of carbonyl (C=O) groups is 1. The molecule has 0 saturated carbocycles. The molecule has 3 rings (SSSR count). The van der Waals surface area contributed by atoms with E-state index in [9.17, 15) is 4.79 Å². The number of Topliss-reactive ketones (excluding diaryl/α,β-unsaturated/α-hetero) is 1. The van der Waals surface area contributed by atoms with Crippen LogP contribution in [0.5, 0.6) is 0 Å². The second-order valence-corrected chi connectivity index (χ2v) is 7.31. The highest BCUT2D eigenvalue weighted by atomic mass is 16.1. The van der Waals surface area contributed by atoms with Gasteiger partial charge in [-0.15, -0.1) is 0 Å². The third kappa shape index (κ3) is 2.24. The molecule has 1 atom stereocenters. The van der Waals surface area contributed by atoms with Gasteiger partial charge in [-0.25, -0.2) is 0 Å².